The number of thioether (sulfide) groups is 1. The topological polar surface area (TPSA) is 88.6 Å². The first-order chi connectivity index (χ1) is 9.53. The van der Waals surface area contributed by atoms with Crippen LogP contribution in [-0.4, -0.2) is 34.7 Å². The molecule has 0 aliphatic carbocycles. The van der Waals surface area contributed by atoms with Crippen molar-refractivity contribution >= 4 is 21.6 Å². The summed E-state index contributed by atoms with van der Waals surface area (Å²) < 4.78 is 25.9. The Kier molecular flexibility index (Phi) is 4.42. The van der Waals surface area contributed by atoms with E-state index >= 15 is 0 Å². The van der Waals surface area contributed by atoms with E-state index < -0.39 is 9.84 Å². The third-order valence-electron chi connectivity index (χ3n) is 2.58. The lowest BCUT2D eigenvalue weighted by Crippen LogP contribution is -2.09. The SMILES string of the molecule is Cn1ncnc1SCCS(=O)(=O)c1cccc(C#N)c1. The van der Waals surface area contributed by atoms with Crippen LogP contribution < -0.4 is 0 Å². The van der Waals surface area contributed by atoms with E-state index in [1.165, 1.54) is 30.2 Å². The summed E-state index contributed by atoms with van der Waals surface area (Å²) in [6.07, 6.45) is 1.42. The summed E-state index contributed by atoms with van der Waals surface area (Å²) in [5, 5.41) is 13.4. The van der Waals surface area contributed by atoms with E-state index in [0.29, 0.717) is 16.5 Å². The zero-order valence-electron chi connectivity index (χ0n) is 10.7. The van der Waals surface area contributed by atoms with Crippen LogP contribution in [0.25, 0.3) is 0 Å². The molecule has 0 amide bonds. The van der Waals surface area contributed by atoms with Crippen LogP contribution in [0.2, 0.25) is 0 Å². The average molecular weight is 308 g/mol. The zero-order valence-corrected chi connectivity index (χ0v) is 12.4. The average Bonchev–Trinajstić information content (AvgIpc) is 2.84. The number of hydrogen-bond acceptors (Lipinski definition) is 6. The van der Waals surface area contributed by atoms with Crippen molar-refractivity contribution in [2.45, 2.75) is 10.1 Å². The fourth-order valence-corrected chi connectivity index (χ4v) is 4.11. The minimum absolute atomic E-state index is 0.0145. The van der Waals surface area contributed by atoms with Crippen LogP contribution in [-0.2, 0) is 16.9 Å². The Balaban J connectivity index is 2.04. The van der Waals surface area contributed by atoms with E-state index in [1.807, 2.05) is 6.07 Å². The van der Waals surface area contributed by atoms with Gasteiger partial charge in [0.05, 0.1) is 22.3 Å². The molecule has 0 bridgehead atoms. The van der Waals surface area contributed by atoms with Crippen LogP contribution >= 0.6 is 11.8 Å². The van der Waals surface area contributed by atoms with Gasteiger partial charge in [-0.1, -0.05) is 17.8 Å². The van der Waals surface area contributed by atoms with E-state index in [1.54, 1.807) is 23.9 Å². The molecule has 0 unspecified atom stereocenters. The number of sulfone groups is 1. The Hall–Kier alpha value is -1.85. The molecule has 0 aliphatic heterocycles. The van der Waals surface area contributed by atoms with Crippen LogP contribution in [0.1, 0.15) is 5.56 Å². The maximum absolute atomic E-state index is 12.1. The van der Waals surface area contributed by atoms with E-state index in [0.717, 1.165) is 0 Å². The summed E-state index contributed by atoms with van der Waals surface area (Å²) in [5.41, 5.74) is 0.340. The number of aryl methyl sites for hydroxylation is 1. The van der Waals surface area contributed by atoms with Gasteiger partial charge in [-0.25, -0.2) is 18.1 Å². The molecule has 0 saturated carbocycles. The standard InChI is InChI=1S/C12H12N4O2S2/c1-16-12(14-9-15-16)19-5-6-20(17,18)11-4-2-3-10(7-11)8-13/h2-4,7,9H,5-6H2,1H3. The third kappa shape index (κ3) is 3.37. The quantitative estimate of drug-likeness (QED) is 0.772. The predicted molar refractivity (Wildman–Crippen MR) is 74.9 cm³/mol. The maximum atomic E-state index is 12.1. The van der Waals surface area contributed by atoms with Crippen LogP contribution in [0.3, 0.4) is 0 Å². The molecular weight excluding hydrogens is 296 g/mol. The number of rotatable bonds is 5. The Labute approximate surface area is 121 Å². The lowest BCUT2D eigenvalue weighted by atomic mass is 10.2. The minimum Gasteiger partial charge on any atom is -0.244 e. The Morgan fingerprint density at radius 3 is 2.90 bits per heavy atom. The second-order valence-electron chi connectivity index (χ2n) is 3.97. The highest BCUT2D eigenvalue weighted by Gasteiger charge is 2.15. The largest absolute Gasteiger partial charge is 0.244 e. The Bertz CT molecular complexity index is 747. The summed E-state index contributed by atoms with van der Waals surface area (Å²) in [7, 11) is -1.64. The molecular formula is C12H12N4O2S2. The first kappa shape index (κ1) is 14.6. The molecule has 0 radical (unpaired) electrons. The normalized spacial score (nSPS) is 11.2. The van der Waals surface area contributed by atoms with Crippen molar-refractivity contribution in [2.75, 3.05) is 11.5 Å². The van der Waals surface area contributed by atoms with Gasteiger partial charge in [-0.05, 0) is 18.2 Å². The summed E-state index contributed by atoms with van der Waals surface area (Å²) in [4.78, 5) is 4.19. The van der Waals surface area contributed by atoms with Crippen molar-refractivity contribution in [3.8, 4) is 6.07 Å². The number of aromatic nitrogens is 3. The lowest BCUT2D eigenvalue weighted by Gasteiger charge is -2.04. The molecule has 0 saturated heterocycles. The van der Waals surface area contributed by atoms with Crippen LogP contribution in [0.15, 0.2) is 40.6 Å². The van der Waals surface area contributed by atoms with Crippen LogP contribution in [0.5, 0.6) is 0 Å². The highest BCUT2D eigenvalue weighted by atomic mass is 32.2. The van der Waals surface area contributed by atoms with Gasteiger partial charge < -0.3 is 0 Å². The summed E-state index contributed by atoms with van der Waals surface area (Å²) in [5.74, 6) is 0.366. The molecule has 0 fully saturated rings. The highest BCUT2D eigenvalue weighted by Crippen LogP contribution is 2.17. The predicted octanol–water partition coefficient (Wildman–Crippen LogP) is 1.25. The maximum Gasteiger partial charge on any atom is 0.185 e. The molecule has 1 aromatic heterocycles. The van der Waals surface area contributed by atoms with Crippen molar-refractivity contribution in [1.29, 1.82) is 5.26 Å². The molecule has 1 heterocycles. The van der Waals surface area contributed by atoms with Crippen LogP contribution in [0.4, 0.5) is 0 Å². The third-order valence-corrected chi connectivity index (χ3v) is 5.58. The van der Waals surface area contributed by atoms with Gasteiger partial charge in [0.25, 0.3) is 0 Å². The van der Waals surface area contributed by atoms with Gasteiger partial charge in [0.15, 0.2) is 15.0 Å². The van der Waals surface area contributed by atoms with E-state index in [4.69, 9.17) is 5.26 Å². The monoisotopic (exact) mass is 308 g/mol. The Morgan fingerprint density at radius 2 is 2.25 bits per heavy atom. The number of nitriles is 1. The van der Waals surface area contributed by atoms with Gasteiger partial charge in [0.1, 0.15) is 6.33 Å². The number of nitrogens with zero attached hydrogens (tertiary/aromatic N) is 4. The van der Waals surface area contributed by atoms with E-state index in [9.17, 15) is 8.42 Å². The molecule has 2 aromatic rings. The summed E-state index contributed by atoms with van der Waals surface area (Å²) in [6, 6.07) is 7.98. The van der Waals surface area contributed by atoms with Crippen molar-refractivity contribution in [3.05, 3.63) is 36.2 Å². The molecule has 104 valence electrons. The van der Waals surface area contributed by atoms with Crippen LogP contribution in [0, 0.1) is 11.3 Å². The minimum atomic E-state index is -3.39. The zero-order chi connectivity index (χ0) is 14.6. The smallest absolute Gasteiger partial charge is 0.185 e. The van der Waals surface area contributed by atoms with Crippen molar-refractivity contribution in [2.24, 2.45) is 7.05 Å². The second-order valence-corrected chi connectivity index (χ2v) is 7.14. The molecule has 2 rings (SSSR count). The highest BCUT2D eigenvalue weighted by molar-refractivity contribution is 8.00. The molecule has 1 aromatic carbocycles. The van der Waals surface area contributed by atoms with Crippen molar-refractivity contribution in [3.63, 3.8) is 0 Å². The molecule has 6 nitrogen and oxygen atoms in total. The molecule has 0 N–H and O–H groups in total. The van der Waals surface area contributed by atoms with Crippen molar-refractivity contribution < 1.29 is 8.42 Å². The summed E-state index contributed by atoms with van der Waals surface area (Å²) in [6.45, 7) is 0. The van der Waals surface area contributed by atoms with E-state index in [-0.39, 0.29) is 10.6 Å². The van der Waals surface area contributed by atoms with Gasteiger partial charge in [0, 0.05) is 12.8 Å². The lowest BCUT2D eigenvalue weighted by molar-refractivity contribution is 0.597. The molecule has 8 heteroatoms. The van der Waals surface area contributed by atoms with E-state index in [2.05, 4.69) is 10.1 Å². The molecule has 0 spiro atoms. The number of benzene rings is 1. The second kappa shape index (κ2) is 6.07. The summed E-state index contributed by atoms with van der Waals surface area (Å²) >= 11 is 1.33. The first-order valence-corrected chi connectivity index (χ1v) is 8.36. The van der Waals surface area contributed by atoms with Gasteiger partial charge >= 0.3 is 0 Å². The van der Waals surface area contributed by atoms with Gasteiger partial charge in [0.2, 0.25) is 0 Å². The molecule has 20 heavy (non-hydrogen) atoms. The van der Waals surface area contributed by atoms with Crippen molar-refractivity contribution in [1.82, 2.24) is 14.8 Å². The molecule has 0 aliphatic rings. The number of hydrogen-bond donors (Lipinski definition) is 0. The fourth-order valence-electron chi connectivity index (χ4n) is 1.54. The Morgan fingerprint density at radius 1 is 1.45 bits per heavy atom. The fraction of sp³-hybridized carbons (Fsp3) is 0.250. The van der Waals surface area contributed by atoms with Gasteiger partial charge in [-0.3, -0.25) is 0 Å². The first-order valence-electron chi connectivity index (χ1n) is 5.72. The molecule has 0 atom stereocenters. The van der Waals surface area contributed by atoms with Gasteiger partial charge in [-0.15, -0.1) is 0 Å². The van der Waals surface area contributed by atoms with Gasteiger partial charge in [-0.2, -0.15) is 10.4 Å².